The largest absolute Gasteiger partial charge is 0.286 e. The number of thiophene rings is 1. The standard InChI is InChI=1S/C9H5BrN2OS/c10-8-2-1-7(14-8)9(13)6-5-11-3-4-12-6/h1-5H. The summed E-state index contributed by atoms with van der Waals surface area (Å²) in [5.74, 6) is -0.0891. The first-order valence-corrected chi connectivity index (χ1v) is 5.44. The van der Waals surface area contributed by atoms with Gasteiger partial charge in [0.15, 0.2) is 0 Å². The van der Waals surface area contributed by atoms with Gasteiger partial charge in [-0.1, -0.05) is 0 Å². The van der Waals surface area contributed by atoms with E-state index in [2.05, 4.69) is 25.9 Å². The second-order valence-corrected chi connectivity index (χ2v) is 4.99. The van der Waals surface area contributed by atoms with Crippen LogP contribution in [-0.4, -0.2) is 15.8 Å². The van der Waals surface area contributed by atoms with Crippen LogP contribution in [0.1, 0.15) is 15.4 Å². The van der Waals surface area contributed by atoms with E-state index in [1.54, 1.807) is 12.3 Å². The van der Waals surface area contributed by atoms with Crippen molar-refractivity contribution in [2.24, 2.45) is 0 Å². The Morgan fingerprint density at radius 1 is 1.36 bits per heavy atom. The van der Waals surface area contributed by atoms with Gasteiger partial charge in [0.2, 0.25) is 5.78 Å². The van der Waals surface area contributed by atoms with Crippen LogP contribution in [0.25, 0.3) is 0 Å². The van der Waals surface area contributed by atoms with Crippen LogP contribution in [-0.2, 0) is 0 Å². The Labute approximate surface area is 93.0 Å². The Bertz CT molecular complexity index is 455. The van der Waals surface area contributed by atoms with E-state index in [0.717, 1.165) is 3.79 Å². The zero-order chi connectivity index (χ0) is 9.97. The molecule has 0 N–H and O–H groups in total. The van der Waals surface area contributed by atoms with Crippen LogP contribution < -0.4 is 0 Å². The monoisotopic (exact) mass is 268 g/mol. The second-order valence-electron chi connectivity index (χ2n) is 2.52. The third kappa shape index (κ3) is 1.88. The highest BCUT2D eigenvalue weighted by molar-refractivity contribution is 9.11. The zero-order valence-electron chi connectivity index (χ0n) is 6.98. The van der Waals surface area contributed by atoms with Gasteiger partial charge in [0.1, 0.15) is 5.69 Å². The van der Waals surface area contributed by atoms with Crippen molar-refractivity contribution in [3.63, 3.8) is 0 Å². The highest BCUT2D eigenvalue weighted by atomic mass is 79.9. The molecule has 5 heteroatoms. The minimum Gasteiger partial charge on any atom is -0.286 e. The van der Waals surface area contributed by atoms with E-state index >= 15 is 0 Å². The SMILES string of the molecule is O=C(c1cnccn1)c1ccc(Br)s1. The van der Waals surface area contributed by atoms with Gasteiger partial charge in [-0.2, -0.15) is 0 Å². The van der Waals surface area contributed by atoms with Gasteiger partial charge in [-0.3, -0.25) is 9.78 Å². The molecular weight excluding hydrogens is 264 g/mol. The quantitative estimate of drug-likeness (QED) is 0.787. The molecule has 0 fully saturated rings. The summed E-state index contributed by atoms with van der Waals surface area (Å²) in [6, 6.07) is 3.61. The predicted octanol–water partition coefficient (Wildman–Crippen LogP) is 2.53. The van der Waals surface area contributed by atoms with Crippen LogP contribution in [0, 0.1) is 0 Å². The number of hydrogen-bond acceptors (Lipinski definition) is 4. The summed E-state index contributed by atoms with van der Waals surface area (Å²) in [7, 11) is 0. The van der Waals surface area contributed by atoms with Crippen LogP contribution in [0.2, 0.25) is 0 Å². The summed E-state index contributed by atoms with van der Waals surface area (Å²) in [5, 5.41) is 0. The van der Waals surface area contributed by atoms with Crippen molar-refractivity contribution in [2.75, 3.05) is 0 Å². The number of aromatic nitrogens is 2. The molecule has 0 atom stereocenters. The van der Waals surface area contributed by atoms with Crippen LogP contribution in [0.3, 0.4) is 0 Å². The van der Waals surface area contributed by atoms with Gasteiger partial charge in [0.05, 0.1) is 14.9 Å². The van der Waals surface area contributed by atoms with Crippen LogP contribution in [0.5, 0.6) is 0 Å². The summed E-state index contributed by atoms with van der Waals surface area (Å²) in [4.78, 5) is 20.2. The number of carbonyl (C=O) groups excluding carboxylic acids is 1. The van der Waals surface area contributed by atoms with Crippen molar-refractivity contribution in [3.8, 4) is 0 Å². The number of rotatable bonds is 2. The Balaban J connectivity index is 2.34. The molecule has 0 aliphatic heterocycles. The van der Waals surface area contributed by atoms with Gasteiger partial charge >= 0.3 is 0 Å². The fourth-order valence-electron chi connectivity index (χ4n) is 0.979. The molecule has 0 radical (unpaired) electrons. The third-order valence-electron chi connectivity index (χ3n) is 1.59. The van der Waals surface area contributed by atoms with Gasteiger partial charge in [-0.05, 0) is 28.1 Å². The lowest BCUT2D eigenvalue weighted by Crippen LogP contribution is -2.01. The van der Waals surface area contributed by atoms with Crippen molar-refractivity contribution in [1.82, 2.24) is 9.97 Å². The first-order chi connectivity index (χ1) is 6.77. The normalized spacial score (nSPS) is 10.1. The van der Waals surface area contributed by atoms with Gasteiger partial charge in [0.25, 0.3) is 0 Å². The van der Waals surface area contributed by atoms with Crippen LogP contribution in [0.15, 0.2) is 34.5 Å². The molecular formula is C9H5BrN2OS. The summed E-state index contributed by atoms with van der Waals surface area (Å²) in [6.07, 6.45) is 4.52. The van der Waals surface area contributed by atoms with E-state index in [-0.39, 0.29) is 5.78 Å². The molecule has 2 heterocycles. The summed E-state index contributed by atoms with van der Waals surface area (Å²) in [6.45, 7) is 0. The Kier molecular flexibility index (Phi) is 2.69. The number of carbonyl (C=O) groups is 1. The summed E-state index contributed by atoms with van der Waals surface area (Å²) in [5.41, 5.74) is 0.377. The summed E-state index contributed by atoms with van der Waals surface area (Å²) >= 11 is 4.69. The number of halogens is 1. The Hall–Kier alpha value is -1.07. The van der Waals surface area contributed by atoms with Gasteiger partial charge < -0.3 is 0 Å². The van der Waals surface area contributed by atoms with Gasteiger partial charge in [-0.25, -0.2) is 4.98 Å². The Morgan fingerprint density at radius 3 is 2.79 bits per heavy atom. The topological polar surface area (TPSA) is 42.9 Å². The van der Waals surface area contributed by atoms with E-state index < -0.39 is 0 Å². The minimum atomic E-state index is -0.0891. The molecule has 2 rings (SSSR count). The lowest BCUT2D eigenvalue weighted by Gasteiger charge is -1.94. The van der Waals surface area contributed by atoms with Gasteiger partial charge in [-0.15, -0.1) is 11.3 Å². The maximum atomic E-state index is 11.7. The number of hydrogen-bond donors (Lipinski definition) is 0. The molecule has 0 aromatic carbocycles. The molecule has 0 bridgehead atoms. The van der Waals surface area contributed by atoms with Gasteiger partial charge in [0, 0.05) is 12.4 Å². The molecule has 0 aliphatic rings. The van der Waals surface area contributed by atoms with E-state index in [1.165, 1.54) is 23.7 Å². The van der Waals surface area contributed by atoms with E-state index in [9.17, 15) is 4.79 Å². The summed E-state index contributed by atoms with van der Waals surface area (Å²) < 4.78 is 0.935. The molecule has 14 heavy (non-hydrogen) atoms. The smallest absolute Gasteiger partial charge is 0.222 e. The van der Waals surface area contributed by atoms with Crippen LogP contribution >= 0.6 is 27.3 Å². The van der Waals surface area contributed by atoms with E-state index in [1.807, 2.05) is 6.07 Å². The lowest BCUT2D eigenvalue weighted by molar-refractivity contribution is 0.103. The molecule has 0 saturated heterocycles. The maximum absolute atomic E-state index is 11.7. The predicted molar refractivity (Wildman–Crippen MR) is 57.5 cm³/mol. The van der Waals surface area contributed by atoms with Crippen molar-refractivity contribution in [3.05, 3.63) is 45.1 Å². The number of nitrogens with zero attached hydrogens (tertiary/aromatic N) is 2. The lowest BCUT2D eigenvalue weighted by atomic mass is 10.2. The number of ketones is 1. The Morgan fingerprint density at radius 2 is 2.21 bits per heavy atom. The zero-order valence-corrected chi connectivity index (χ0v) is 9.38. The van der Waals surface area contributed by atoms with Crippen molar-refractivity contribution < 1.29 is 4.79 Å². The fraction of sp³-hybridized carbons (Fsp3) is 0. The molecule has 0 spiro atoms. The van der Waals surface area contributed by atoms with E-state index in [4.69, 9.17) is 0 Å². The molecule has 0 unspecified atom stereocenters. The highest BCUT2D eigenvalue weighted by Crippen LogP contribution is 2.23. The average Bonchev–Trinajstić information content (AvgIpc) is 2.65. The molecule has 70 valence electrons. The molecule has 2 aromatic heterocycles. The second kappa shape index (κ2) is 3.98. The molecule has 0 amide bonds. The first-order valence-electron chi connectivity index (χ1n) is 3.83. The van der Waals surface area contributed by atoms with E-state index in [0.29, 0.717) is 10.6 Å². The third-order valence-corrected chi connectivity index (χ3v) is 3.22. The fourth-order valence-corrected chi connectivity index (χ4v) is 2.31. The molecule has 2 aromatic rings. The minimum absolute atomic E-state index is 0.0891. The average molecular weight is 269 g/mol. The van der Waals surface area contributed by atoms with Crippen LogP contribution in [0.4, 0.5) is 0 Å². The van der Waals surface area contributed by atoms with Crippen molar-refractivity contribution >= 4 is 33.0 Å². The maximum Gasteiger partial charge on any atom is 0.222 e. The molecule has 3 nitrogen and oxygen atoms in total. The highest BCUT2D eigenvalue weighted by Gasteiger charge is 2.12. The first kappa shape index (κ1) is 9.48. The molecule has 0 aliphatic carbocycles. The molecule has 0 saturated carbocycles. The van der Waals surface area contributed by atoms with Crippen molar-refractivity contribution in [2.45, 2.75) is 0 Å². The van der Waals surface area contributed by atoms with Crippen molar-refractivity contribution in [1.29, 1.82) is 0 Å².